The molecule has 2 N–H and O–H groups in total. The lowest BCUT2D eigenvalue weighted by Crippen LogP contribution is -2.15. The van der Waals surface area contributed by atoms with E-state index in [-0.39, 0.29) is 5.91 Å². The Morgan fingerprint density at radius 3 is 2.48 bits per heavy atom. The zero-order chi connectivity index (χ0) is 17.6. The Kier molecular flexibility index (Phi) is 5.16. The van der Waals surface area contributed by atoms with E-state index in [0.717, 1.165) is 0 Å². The summed E-state index contributed by atoms with van der Waals surface area (Å²) in [5.74, 6) is 0.704. The van der Waals surface area contributed by atoms with E-state index in [1.54, 1.807) is 43.6 Å². The summed E-state index contributed by atoms with van der Waals surface area (Å²) >= 11 is 6.17. The van der Waals surface area contributed by atoms with Gasteiger partial charge in [-0.25, -0.2) is 4.98 Å². The Hall–Kier alpha value is -3.05. The van der Waals surface area contributed by atoms with Crippen LogP contribution in [0.4, 0.5) is 17.2 Å². The van der Waals surface area contributed by atoms with E-state index in [1.807, 2.05) is 30.3 Å². The summed E-state index contributed by atoms with van der Waals surface area (Å²) in [4.78, 5) is 17.0. The molecule has 5 nitrogen and oxygen atoms in total. The fourth-order valence-electron chi connectivity index (χ4n) is 2.32. The zero-order valence-electron chi connectivity index (χ0n) is 13.5. The number of ether oxygens (including phenoxy) is 1. The Morgan fingerprint density at radius 1 is 1.00 bits per heavy atom. The van der Waals surface area contributed by atoms with E-state index in [9.17, 15) is 4.79 Å². The summed E-state index contributed by atoms with van der Waals surface area (Å²) in [5, 5.41) is 6.49. The van der Waals surface area contributed by atoms with Crippen molar-refractivity contribution in [2.45, 2.75) is 0 Å². The van der Waals surface area contributed by atoms with Crippen LogP contribution in [0.3, 0.4) is 0 Å². The first kappa shape index (κ1) is 16.8. The van der Waals surface area contributed by atoms with E-state index in [2.05, 4.69) is 15.6 Å². The lowest BCUT2D eigenvalue weighted by atomic mass is 10.2. The molecule has 0 aliphatic heterocycles. The molecule has 0 aliphatic rings. The van der Waals surface area contributed by atoms with Crippen molar-refractivity contribution < 1.29 is 9.53 Å². The van der Waals surface area contributed by atoms with Gasteiger partial charge in [-0.15, -0.1) is 0 Å². The first-order valence-electron chi connectivity index (χ1n) is 7.60. The average Bonchev–Trinajstić information content (AvgIpc) is 2.64. The fourth-order valence-corrected chi connectivity index (χ4v) is 2.50. The number of halogens is 1. The predicted octanol–water partition coefficient (Wildman–Crippen LogP) is 4.74. The third kappa shape index (κ3) is 3.89. The van der Waals surface area contributed by atoms with Crippen LogP contribution in [0.1, 0.15) is 10.4 Å². The van der Waals surface area contributed by atoms with Gasteiger partial charge < -0.3 is 15.4 Å². The van der Waals surface area contributed by atoms with Crippen LogP contribution in [-0.4, -0.2) is 18.0 Å². The van der Waals surface area contributed by atoms with E-state index >= 15 is 0 Å². The topological polar surface area (TPSA) is 63.2 Å². The van der Waals surface area contributed by atoms with Gasteiger partial charge in [0.1, 0.15) is 11.6 Å². The molecule has 0 spiro atoms. The summed E-state index contributed by atoms with van der Waals surface area (Å²) in [6.07, 6.45) is 1.61. The van der Waals surface area contributed by atoms with Crippen molar-refractivity contribution in [1.82, 2.24) is 4.98 Å². The quantitative estimate of drug-likeness (QED) is 0.695. The van der Waals surface area contributed by atoms with Crippen molar-refractivity contribution >= 4 is 34.7 Å². The number of nitrogens with zero attached hydrogens (tertiary/aromatic N) is 1. The Bertz CT molecular complexity index is 899. The van der Waals surface area contributed by atoms with Crippen molar-refractivity contribution in [3.63, 3.8) is 0 Å². The van der Waals surface area contributed by atoms with Gasteiger partial charge >= 0.3 is 0 Å². The van der Waals surface area contributed by atoms with Gasteiger partial charge in [0.2, 0.25) is 0 Å². The molecule has 0 radical (unpaired) electrons. The largest absolute Gasteiger partial charge is 0.495 e. The molecule has 1 amide bonds. The highest BCUT2D eigenvalue weighted by molar-refractivity contribution is 6.33. The highest BCUT2D eigenvalue weighted by atomic mass is 35.5. The summed E-state index contributed by atoms with van der Waals surface area (Å²) in [6.45, 7) is 0. The van der Waals surface area contributed by atoms with Crippen LogP contribution >= 0.6 is 11.6 Å². The van der Waals surface area contributed by atoms with Crippen LogP contribution in [0.5, 0.6) is 5.75 Å². The van der Waals surface area contributed by atoms with Crippen molar-refractivity contribution in [3.05, 3.63) is 77.4 Å². The second kappa shape index (κ2) is 7.68. The van der Waals surface area contributed by atoms with Crippen molar-refractivity contribution in [2.75, 3.05) is 17.7 Å². The maximum absolute atomic E-state index is 12.7. The Balaban J connectivity index is 1.87. The van der Waals surface area contributed by atoms with E-state index < -0.39 is 0 Å². The fraction of sp³-hybridized carbons (Fsp3) is 0.0526. The lowest BCUT2D eigenvalue weighted by Gasteiger charge is -2.13. The number of aromatic nitrogens is 1. The third-order valence-electron chi connectivity index (χ3n) is 3.53. The number of carbonyl (C=O) groups excluding carboxylic acids is 1. The van der Waals surface area contributed by atoms with Crippen LogP contribution in [0, 0.1) is 0 Å². The van der Waals surface area contributed by atoms with Crippen LogP contribution in [0.15, 0.2) is 66.9 Å². The molecular formula is C19H16ClN3O2. The summed E-state index contributed by atoms with van der Waals surface area (Å²) < 4.78 is 5.26. The van der Waals surface area contributed by atoms with Gasteiger partial charge in [0, 0.05) is 6.20 Å². The highest BCUT2D eigenvalue weighted by Gasteiger charge is 2.15. The molecule has 6 heteroatoms. The standard InChI is InChI=1S/C19H16ClN3O2/c1-25-17-11-5-4-10-16(17)23-19(24)13-7-6-12-21-18(13)22-15-9-3-2-8-14(15)20/h2-12H,1H3,(H,21,22)(H,23,24). The summed E-state index contributed by atoms with van der Waals surface area (Å²) in [5.41, 5.74) is 1.66. The van der Waals surface area contributed by atoms with Crippen molar-refractivity contribution in [1.29, 1.82) is 0 Å². The van der Waals surface area contributed by atoms with E-state index in [0.29, 0.717) is 33.5 Å². The average molecular weight is 354 g/mol. The van der Waals surface area contributed by atoms with Crippen LogP contribution in [-0.2, 0) is 0 Å². The number of pyridine rings is 1. The third-order valence-corrected chi connectivity index (χ3v) is 3.86. The maximum atomic E-state index is 12.7. The zero-order valence-corrected chi connectivity index (χ0v) is 14.2. The summed E-state index contributed by atoms with van der Waals surface area (Å²) in [7, 11) is 1.56. The minimum absolute atomic E-state index is 0.299. The first-order chi connectivity index (χ1) is 12.2. The molecule has 0 saturated heterocycles. The van der Waals surface area contributed by atoms with Crippen LogP contribution < -0.4 is 15.4 Å². The van der Waals surface area contributed by atoms with Gasteiger partial charge in [0.05, 0.1) is 29.1 Å². The number of benzene rings is 2. The number of anilines is 3. The monoisotopic (exact) mass is 353 g/mol. The minimum atomic E-state index is -0.299. The van der Waals surface area contributed by atoms with Gasteiger partial charge in [-0.05, 0) is 36.4 Å². The molecule has 0 atom stereocenters. The highest BCUT2D eigenvalue weighted by Crippen LogP contribution is 2.27. The molecule has 0 unspecified atom stereocenters. The number of methoxy groups -OCH3 is 1. The Morgan fingerprint density at radius 2 is 1.72 bits per heavy atom. The molecule has 0 saturated carbocycles. The SMILES string of the molecule is COc1ccccc1NC(=O)c1cccnc1Nc1ccccc1Cl. The molecule has 1 aromatic heterocycles. The molecule has 0 fully saturated rings. The van der Waals surface area contributed by atoms with Crippen molar-refractivity contribution in [2.24, 2.45) is 0 Å². The number of carbonyl (C=O) groups is 1. The van der Waals surface area contributed by atoms with Crippen LogP contribution in [0.2, 0.25) is 5.02 Å². The van der Waals surface area contributed by atoms with E-state index in [4.69, 9.17) is 16.3 Å². The second-order valence-corrected chi connectivity index (χ2v) is 5.57. The van der Waals surface area contributed by atoms with Gasteiger partial charge in [0.25, 0.3) is 5.91 Å². The number of hydrogen-bond donors (Lipinski definition) is 2. The molecule has 0 bridgehead atoms. The lowest BCUT2D eigenvalue weighted by molar-refractivity contribution is 0.102. The molecule has 2 aromatic carbocycles. The Labute approximate surface area is 150 Å². The number of nitrogens with one attached hydrogen (secondary N) is 2. The molecule has 1 heterocycles. The smallest absolute Gasteiger partial charge is 0.259 e. The van der Waals surface area contributed by atoms with Gasteiger partial charge in [-0.3, -0.25) is 4.79 Å². The molecular weight excluding hydrogens is 338 g/mol. The van der Waals surface area contributed by atoms with Gasteiger partial charge in [-0.1, -0.05) is 35.9 Å². The minimum Gasteiger partial charge on any atom is -0.495 e. The maximum Gasteiger partial charge on any atom is 0.259 e. The first-order valence-corrected chi connectivity index (χ1v) is 7.98. The molecule has 3 rings (SSSR count). The van der Waals surface area contributed by atoms with Gasteiger partial charge in [-0.2, -0.15) is 0 Å². The molecule has 3 aromatic rings. The molecule has 25 heavy (non-hydrogen) atoms. The number of amides is 1. The second-order valence-electron chi connectivity index (χ2n) is 5.16. The van der Waals surface area contributed by atoms with Crippen LogP contribution in [0.25, 0.3) is 0 Å². The van der Waals surface area contributed by atoms with E-state index in [1.165, 1.54) is 0 Å². The summed E-state index contributed by atoms with van der Waals surface area (Å²) in [6, 6.07) is 17.9. The predicted molar refractivity (Wildman–Crippen MR) is 99.9 cm³/mol. The molecule has 0 aliphatic carbocycles. The number of para-hydroxylation sites is 3. The molecule has 126 valence electrons. The number of rotatable bonds is 5. The van der Waals surface area contributed by atoms with Crippen molar-refractivity contribution in [3.8, 4) is 5.75 Å². The number of hydrogen-bond acceptors (Lipinski definition) is 4. The van der Waals surface area contributed by atoms with Gasteiger partial charge in [0.15, 0.2) is 0 Å². The normalized spacial score (nSPS) is 10.2.